The predicted octanol–water partition coefficient (Wildman–Crippen LogP) is 3.93. The molecule has 0 aliphatic carbocycles. The number of carbonyl (C=O) groups is 2. The Morgan fingerprint density at radius 1 is 1.03 bits per heavy atom. The molecule has 0 radical (unpaired) electrons. The molecule has 7 heteroatoms. The molecule has 0 bridgehead atoms. The molecule has 6 nitrogen and oxygen atoms in total. The van der Waals surface area contributed by atoms with Gasteiger partial charge in [0.05, 0.1) is 18.9 Å². The summed E-state index contributed by atoms with van der Waals surface area (Å²) < 4.78 is 11.1. The highest BCUT2D eigenvalue weighted by Gasteiger charge is 2.34. The number of methoxy groups -OCH3 is 1. The molecule has 1 heterocycles. The molecule has 0 saturated carbocycles. The summed E-state index contributed by atoms with van der Waals surface area (Å²) in [5.41, 5.74) is 3.23. The van der Waals surface area contributed by atoms with Crippen molar-refractivity contribution in [2.24, 2.45) is 0 Å². The number of anilines is 1. The minimum atomic E-state index is -0.535. The summed E-state index contributed by atoms with van der Waals surface area (Å²) in [7, 11) is 1.54. The van der Waals surface area contributed by atoms with E-state index in [1.165, 1.54) is 18.1 Å². The maximum atomic E-state index is 13.2. The Labute approximate surface area is 181 Å². The van der Waals surface area contributed by atoms with Gasteiger partial charge in [0.25, 0.3) is 11.8 Å². The molecular weight excluding hydrogens is 400 g/mol. The fourth-order valence-electron chi connectivity index (χ4n) is 3.26. The van der Waals surface area contributed by atoms with Crippen LogP contribution in [0, 0.1) is 13.8 Å². The molecule has 2 amide bonds. The van der Waals surface area contributed by atoms with Crippen LogP contribution in [-0.2, 0) is 9.59 Å². The summed E-state index contributed by atoms with van der Waals surface area (Å²) in [6, 6.07) is 11.0. The smallest absolute Gasteiger partial charge is 0.270 e. The van der Waals surface area contributed by atoms with Crippen LogP contribution in [-0.4, -0.2) is 30.1 Å². The quantitative estimate of drug-likeness (QED) is 0.448. The van der Waals surface area contributed by atoms with Crippen molar-refractivity contribution in [3.8, 4) is 11.5 Å². The second-order valence-corrected chi connectivity index (χ2v) is 7.77. The summed E-state index contributed by atoms with van der Waals surface area (Å²) >= 11 is 5.27. The van der Waals surface area contributed by atoms with Gasteiger partial charge in [-0.2, -0.15) is 0 Å². The summed E-state index contributed by atoms with van der Waals surface area (Å²) in [4.78, 5) is 27.1. The van der Waals surface area contributed by atoms with Crippen LogP contribution >= 0.6 is 12.2 Å². The lowest BCUT2D eigenvalue weighted by Gasteiger charge is -2.29. The van der Waals surface area contributed by atoms with Gasteiger partial charge in [0.2, 0.25) is 0 Å². The monoisotopic (exact) mass is 424 g/mol. The van der Waals surface area contributed by atoms with Crippen LogP contribution in [0.4, 0.5) is 5.69 Å². The fourth-order valence-corrected chi connectivity index (χ4v) is 3.54. The van der Waals surface area contributed by atoms with Crippen LogP contribution in [0.15, 0.2) is 42.0 Å². The number of thiocarbonyl (C=S) groups is 1. The molecule has 3 rings (SSSR count). The van der Waals surface area contributed by atoms with Crippen LogP contribution in [0.5, 0.6) is 11.5 Å². The van der Waals surface area contributed by atoms with E-state index in [9.17, 15) is 9.59 Å². The lowest BCUT2D eigenvalue weighted by atomic mass is 10.1. The third kappa shape index (κ3) is 4.52. The summed E-state index contributed by atoms with van der Waals surface area (Å²) in [6.45, 7) is 7.72. The Balaban J connectivity index is 2.00. The largest absolute Gasteiger partial charge is 0.493 e. The number of nitrogens with one attached hydrogen (secondary N) is 1. The lowest BCUT2D eigenvalue weighted by molar-refractivity contribution is -0.122. The first-order chi connectivity index (χ1) is 14.2. The molecule has 2 aromatic carbocycles. The van der Waals surface area contributed by atoms with Crippen molar-refractivity contribution in [3.05, 3.63) is 58.7 Å². The normalized spacial score (nSPS) is 15.6. The fraction of sp³-hybridized carbons (Fsp3) is 0.261. The number of hydrogen-bond donors (Lipinski definition) is 1. The number of nitrogens with zero attached hydrogens (tertiary/aromatic N) is 1. The molecule has 1 N–H and O–H groups in total. The van der Waals surface area contributed by atoms with E-state index in [0.717, 1.165) is 11.1 Å². The van der Waals surface area contributed by atoms with Crippen LogP contribution in [0.25, 0.3) is 6.08 Å². The third-order valence-electron chi connectivity index (χ3n) is 4.43. The summed E-state index contributed by atoms with van der Waals surface area (Å²) in [5, 5.41) is 2.67. The number of amides is 2. The van der Waals surface area contributed by atoms with E-state index in [-0.39, 0.29) is 16.8 Å². The maximum Gasteiger partial charge on any atom is 0.270 e. The van der Waals surface area contributed by atoms with Crippen molar-refractivity contribution >= 4 is 40.9 Å². The molecule has 2 aromatic rings. The second kappa shape index (κ2) is 8.67. The van der Waals surface area contributed by atoms with Gasteiger partial charge in [0.15, 0.2) is 16.6 Å². The lowest BCUT2D eigenvalue weighted by Crippen LogP contribution is -2.54. The molecule has 0 aromatic heterocycles. The highest BCUT2D eigenvalue weighted by Crippen LogP contribution is 2.31. The SMILES string of the molecule is COc1cc(/C=C2\C(=O)NC(=S)N(c3cc(C)cc(C)c3)C2=O)ccc1OC(C)C. The molecule has 30 heavy (non-hydrogen) atoms. The van der Waals surface area contributed by atoms with Crippen LogP contribution in [0.2, 0.25) is 0 Å². The topological polar surface area (TPSA) is 67.9 Å². The zero-order chi connectivity index (χ0) is 22.0. The van der Waals surface area contributed by atoms with Crippen LogP contribution in [0.3, 0.4) is 0 Å². The van der Waals surface area contributed by atoms with Gasteiger partial charge in [-0.3, -0.25) is 19.8 Å². The molecule has 1 fully saturated rings. The molecule has 0 atom stereocenters. The predicted molar refractivity (Wildman–Crippen MR) is 121 cm³/mol. The highest BCUT2D eigenvalue weighted by molar-refractivity contribution is 7.80. The Bertz CT molecular complexity index is 1040. The Hall–Kier alpha value is -3.19. The first kappa shape index (κ1) is 21.5. The maximum absolute atomic E-state index is 13.2. The molecule has 1 aliphatic heterocycles. The first-order valence-electron chi connectivity index (χ1n) is 9.54. The number of rotatable bonds is 5. The Morgan fingerprint density at radius 2 is 1.70 bits per heavy atom. The Morgan fingerprint density at radius 3 is 2.30 bits per heavy atom. The number of hydrogen-bond acceptors (Lipinski definition) is 5. The van der Waals surface area contributed by atoms with Gasteiger partial charge in [0, 0.05) is 0 Å². The van der Waals surface area contributed by atoms with Crippen molar-refractivity contribution in [1.82, 2.24) is 5.32 Å². The van der Waals surface area contributed by atoms with Crippen LogP contribution < -0.4 is 19.7 Å². The zero-order valence-electron chi connectivity index (χ0n) is 17.6. The summed E-state index contributed by atoms with van der Waals surface area (Å²) in [6.07, 6.45) is 1.51. The van der Waals surface area contributed by atoms with E-state index >= 15 is 0 Å². The molecule has 0 unspecified atom stereocenters. The molecule has 1 saturated heterocycles. The molecule has 156 valence electrons. The Kier molecular flexibility index (Phi) is 6.22. The van der Waals surface area contributed by atoms with Gasteiger partial charge in [-0.25, -0.2) is 0 Å². The average Bonchev–Trinajstić information content (AvgIpc) is 2.64. The zero-order valence-corrected chi connectivity index (χ0v) is 18.4. The van der Waals surface area contributed by atoms with Crippen molar-refractivity contribution < 1.29 is 19.1 Å². The minimum Gasteiger partial charge on any atom is -0.493 e. The van der Waals surface area contributed by atoms with Gasteiger partial charge in [-0.1, -0.05) is 12.1 Å². The van der Waals surface area contributed by atoms with Gasteiger partial charge in [0.1, 0.15) is 5.57 Å². The summed E-state index contributed by atoms with van der Waals surface area (Å²) in [5.74, 6) is 0.0952. The van der Waals surface area contributed by atoms with E-state index in [1.54, 1.807) is 18.2 Å². The van der Waals surface area contributed by atoms with E-state index < -0.39 is 11.8 Å². The number of ether oxygens (including phenoxy) is 2. The van der Waals surface area contributed by atoms with Crippen LogP contribution in [0.1, 0.15) is 30.5 Å². The van der Waals surface area contributed by atoms with Gasteiger partial charge in [-0.15, -0.1) is 0 Å². The van der Waals surface area contributed by atoms with E-state index in [2.05, 4.69) is 5.32 Å². The van der Waals surface area contributed by atoms with Crippen molar-refractivity contribution in [1.29, 1.82) is 0 Å². The molecule has 1 aliphatic rings. The van der Waals surface area contributed by atoms with Crippen molar-refractivity contribution in [2.45, 2.75) is 33.8 Å². The standard InChI is InChI=1S/C23H24N2O4S/c1-13(2)29-19-7-6-16(12-20(19)28-5)11-18-21(26)24-23(30)25(22(18)27)17-9-14(3)8-15(4)10-17/h6-13H,1-5H3,(H,24,26,30)/b18-11+. The third-order valence-corrected chi connectivity index (χ3v) is 4.71. The van der Waals surface area contributed by atoms with Crippen molar-refractivity contribution in [3.63, 3.8) is 0 Å². The van der Waals surface area contributed by atoms with Gasteiger partial charge >= 0.3 is 0 Å². The highest BCUT2D eigenvalue weighted by atomic mass is 32.1. The van der Waals surface area contributed by atoms with E-state index in [1.807, 2.05) is 45.9 Å². The first-order valence-corrected chi connectivity index (χ1v) is 9.95. The number of carbonyl (C=O) groups excluding carboxylic acids is 2. The van der Waals surface area contributed by atoms with Gasteiger partial charge < -0.3 is 9.47 Å². The van der Waals surface area contributed by atoms with Gasteiger partial charge in [-0.05, 0) is 86.9 Å². The van der Waals surface area contributed by atoms with E-state index in [0.29, 0.717) is 22.7 Å². The minimum absolute atomic E-state index is 0.0117. The number of benzene rings is 2. The van der Waals surface area contributed by atoms with E-state index in [4.69, 9.17) is 21.7 Å². The molecule has 0 spiro atoms. The average molecular weight is 425 g/mol. The second-order valence-electron chi connectivity index (χ2n) is 7.38. The number of aryl methyl sites for hydroxylation is 2. The molecular formula is C23H24N2O4S. The van der Waals surface area contributed by atoms with Crippen molar-refractivity contribution in [2.75, 3.05) is 12.0 Å².